The van der Waals surface area contributed by atoms with Crippen LogP contribution >= 0.6 is 11.3 Å². The molecule has 0 aliphatic rings. The number of rotatable bonds is 6. The van der Waals surface area contributed by atoms with Gasteiger partial charge in [0.1, 0.15) is 0 Å². The fraction of sp³-hybridized carbons (Fsp3) is 0. The van der Waals surface area contributed by atoms with E-state index in [0.29, 0.717) is 16.8 Å². The van der Waals surface area contributed by atoms with Gasteiger partial charge in [0.15, 0.2) is 0 Å². The molecule has 2 heteroatoms. The summed E-state index contributed by atoms with van der Waals surface area (Å²) in [5, 5.41) is 5.79. The molecule has 0 N–H and O–H groups in total. The number of hydrogen-bond donors (Lipinski definition) is 0. The van der Waals surface area contributed by atoms with Gasteiger partial charge in [0, 0.05) is 37.2 Å². The zero-order chi connectivity index (χ0) is 41.4. The molecule has 10 rings (SSSR count). The smallest absolute Gasteiger partial charge is 0.0645 e. The number of fused-ring (bicyclic) bond motifs is 5. The van der Waals surface area contributed by atoms with E-state index in [-0.39, 0.29) is 70.8 Å². The lowest BCUT2D eigenvalue weighted by molar-refractivity contribution is 1.28. The Labute approximate surface area is 318 Å². The molecule has 0 spiro atoms. The number of nitrogens with zero attached hydrogens (tertiary/aromatic N) is 1. The predicted molar refractivity (Wildman–Crippen MR) is 225 cm³/mol. The minimum Gasteiger partial charge on any atom is -0.311 e. The molecular weight excluding hydrogens is 647 g/mol. The second kappa shape index (κ2) is 12.7. The molecule has 0 saturated heterocycles. The molecule has 244 valence electrons. The lowest BCUT2D eigenvalue weighted by atomic mass is 9.97. The van der Waals surface area contributed by atoms with Crippen LogP contribution in [0.15, 0.2) is 200 Å². The third kappa shape index (κ3) is 5.24. The normalized spacial score (nSPS) is 13.6. The molecule has 9 aromatic carbocycles. The molecule has 0 fully saturated rings. The summed E-state index contributed by atoms with van der Waals surface area (Å²) in [5.74, 6) is 0. The molecule has 0 saturated carbocycles. The van der Waals surface area contributed by atoms with Crippen molar-refractivity contribution in [3.8, 4) is 33.4 Å². The molecule has 0 radical (unpaired) electrons. The van der Waals surface area contributed by atoms with Gasteiger partial charge < -0.3 is 4.90 Å². The lowest BCUT2D eigenvalue weighted by Crippen LogP contribution is -2.09. The Morgan fingerprint density at radius 3 is 1.44 bits per heavy atom. The maximum absolute atomic E-state index is 9.60. The van der Waals surface area contributed by atoms with Crippen molar-refractivity contribution in [3.63, 3.8) is 0 Å². The Kier molecular flexibility index (Phi) is 5.63. The average Bonchev–Trinajstić information content (AvgIpc) is 3.67. The average molecular weight is 688 g/mol. The van der Waals surface area contributed by atoms with Crippen molar-refractivity contribution in [2.45, 2.75) is 0 Å². The van der Waals surface area contributed by atoms with Gasteiger partial charge >= 0.3 is 0 Å². The molecule has 1 aromatic heterocycles. The predicted octanol–water partition coefficient (Wildman–Crippen LogP) is 14.8. The van der Waals surface area contributed by atoms with Crippen molar-refractivity contribution in [1.82, 2.24) is 0 Å². The molecule has 0 aliphatic carbocycles. The van der Waals surface area contributed by atoms with Gasteiger partial charge in [0.25, 0.3) is 0 Å². The number of benzene rings is 9. The third-order valence-electron chi connectivity index (χ3n) is 9.63. The Morgan fingerprint density at radius 2 is 0.808 bits per heavy atom. The van der Waals surface area contributed by atoms with E-state index in [0.717, 1.165) is 52.8 Å². The van der Waals surface area contributed by atoms with Gasteiger partial charge in [-0.3, -0.25) is 0 Å². The van der Waals surface area contributed by atoms with Crippen molar-refractivity contribution in [2.75, 3.05) is 4.90 Å². The van der Waals surface area contributed by atoms with Crippen LogP contribution in [-0.4, -0.2) is 0 Å². The van der Waals surface area contributed by atoms with Crippen LogP contribution in [0, 0.1) is 0 Å². The highest BCUT2D eigenvalue weighted by atomic mass is 32.1. The second-order valence-electron chi connectivity index (χ2n) is 12.7. The molecule has 1 nitrogen and oxygen atoms in total. The summed E-state index contributed by atoms with van der Waals surface area (Å²) >= 11 is 1.53. The maximum Gasteiger partial charge on any atom is 0.0645 e. The van der Waals surface area contributed by atoms with Crippen LogP contribution in [0.4, 0.5) is 17.1 Å². The largest absolute Gasteiger partial charge is 0.311 e. The van der Waals surface area contributed by atoms with Crippen LogP contribution in [0.2, 0.25) is 0 Å². The highest BCUT2D eigenvalue weighted by molar-refractivity contribution is 7.26. The van der Waals surface area contributed by atoms with Gasteiger partial charge in [0.05, 0.1) is 11.0 Å². The molecule has 0 unspecified atom stereocenters. The molecular formula is C50H33NS. The van der Waals surface area contributed by atoms with Gasteiger partial charge in [-0.1, -0.05) is 158 Å². The molecule has 0 atom stereocenters. The van der Waals surface area contributed by atoms with Crippen LogP contribution in [0.25, 0.3) is 75.1 Å². The Hall–Kier alpha value is -6.48. The summed E-state index contributed by atoms with van der Waals surface area (Å²) in [7, 11) is 0. The molecule has 0 amide bonds. The van der Waals surface area contributed by atoms with Gasteiger partial charge in [-0.25, -0.2) is 0 Å². The Bertz CT molecular complexity index is 3310. The molecule has 1 heterocycles. The fourth-order valence-electron chi connectivity index (χ4n) is 7.13. The van der Waals surface area contributed by atoms with E-state index in [1.54, 1.807) is 18.2 Å². The Morgan fingerprint density at radius 1 is 0.346 bits per heavy atom. The highest BCUT2D eigenvalue weighted by Crippen LogP contribution is 2.42. The summed E-state index contributed by atoms with van der Waals surface area (Å²) in [6.45, 7) is 0. The molecule has 0 aliphatic heterocycles. The monoisotopic (exact) mass is 687 g/mol. The van der Waals surface area contributed by atoms with E-state index >= 15 is 0 Å². The highest BCUT2D eigenvalue weighted by Gasteiger charge is 2.16. The zero-order valence-corrected chi connectivity index (χ0v) is 28.6. The first kappa shape index (κ1) is 23.1. The standard InChI is InChI=1S/C50H33NS/c1-3-14-42-34(10-1)12-7-17-44(42)36-22-28-39(29-23-36)51(40-30-24-37(25-31-40)45-18-8-13-35-11-2-4-15-43(35)45)41-32-26-38(27-33-41)46-19-9-20-48-47-16-5-6-21-49(47)52-50(46)48/h1-33H/i22D,23D,26D,27D,28D,29D,32D,33D. The summed E-state index contributed by atoms with van der Waals surface area (Å²) < 4.78 is 78.0. The molecule has 0 bridgehead atoms. The van der Waals surface area contributed by atoms with Crippen LogP contribution in [0.5, 0.6) is 0 Å². The summed E-state index contributed by atoms with van der Waals surface area (Å²) in [4.78, 5) is 1.37. The third-order valence-corrected chi connectivity index (χ3v) is 10.8. The van der Waals surface area contributed by atoms with E-state index in [1.807, 2.05) is 127 Å². The van der Waals surface area contributed by atoms with Gasteiger partial charge in [0.2, 0.25) is 0 Å². The van der Waals surface area contributed by atoms with Crippen LogP contribution in [-0.2, 0) is 0 Å². The van der Waals surface area contributed by atoms with Gasteiger partial charge in [-0.2, -0.15) is 0 Å². The molecule has 52 heavy (non-hydrogen) atoms. The Balaban J connectivity index is 1.22. The first-order valence-electron chi connectivity index (χ1n) is 21.1. The van der Waals surface area contributed by atoms with Crippen LogP contribution in [0.3, 0.4) is 0 Å². The lowest BCUT2D eigenvalue weighted by Gasteiger charge is -2.26. The van der Waals surface area contributed by atoms with Gasteiger partial charge in [-0.15, -0.1) is 11.3 Å². The van der Waals surface area contributed by atoms with Crippen molar-refractivity contribution in [3.05, 3.63) is 200 Å². The van der Waals surface area contributed by atoms with Crippen LogP contribution in [0.1, 0.15) is 11.0 Å². The maximum atomic E-state index is 9.60. The number of hydrogen-bond acceptors (Lipinski definition) is 2. The SMILES string of the molecule is [2H]c1c([2H])c(N(c2ccc(-c3cccc4ccccc34)cc2)c2c([2H])c([2H])c(-c3cccc4c3sc3ccccc34)c([2H])c2[2H])c([2H])c([2H])c1-c1cccc2ccccc12. The van der Waals surface area contributed by atoms with Crippen molar-refractivity contribution in [1.29, 1.82) is 0 Å². The van der Waals surface area contributed by atoms with Gasteiger partial charge in [-0.05, 0) is 97.3 Å². The molecule has 10 aromatic rings. The summed E-state index contributed by atoms with van der Waals surface area (Å²) in [6, 6.07) is 45.6. The second-order valence-corrected chi connectivity index (χ2v) is 13.7. The van der Waals surface area contributed by atoms with Crippen molar-refractivity contribution in [2.24, 2.45) is 0 Å². The number of anilines is 3. The minimum absolute atomic E-state index is 0.128. The summed E-state index contributed by atoms with van der Waals surface area (Å²) in [5.41, 5.74) is 3.23. The van der Waals surface area contributed by atoms with Crippen molar-refractivity contribution >= 4 is 70.1 Å². The van der Waals surface area contributed by atoms with Crippen molar-refractivity contribution < 1.29 is 11.0 Å². The van der Waals surface area contributed by atoms with E-state index in [9.17, 15) is 11.0 Å². The van der Waals surface area contributed by atoms with E-state index in [4.69, 9.17) is 0 Å². The van der Waals surface area contributed by atoms with Crippen LogP contribution < -0.4 is 4.90 Å². The topological polar surface area (TPSA) is 3.24 Å². The minimum atomic E-state index is -0.381. The van der Waals surface area contributed by atoms with E-state index < -0.39 is 0 Å². The zero-order valence-electron chi connectivity index (χ0n) is 35.8. The summed E-state index contributed by atoms with van der Waals surface area (Å²) in [6.07, 6.45) is 0. The van der Waals surface area contributed by atoms with E-state index in [1.165, 1.54) is 16.2 Å². The first-order valence-corrected chi connectivity index (χ1v) is 17.9. The number of thiophene rings is 1. The van der Waals surface area contributed by atoms with E-state index in [2.05, 4.69) is 6.07 Å². The first-order chi connectivity index (χ1) is 29.1. The fourth-order valence-corrected chi connectivity index (χ4v) is 8.35. The quantitative estimate of drug-likeness (QED) is 0.168.